The first-order valence-electron chi connectivity index (χ1n) is 21.5. The topological polar surface area (TPSA) is 171 Å². The maximum Gasteiger partial charge on any atom is 0.437 e. The molecule has 2 atom stereocenters. The number of carboxylic acids is 1. The summed E-state index contributed by atoms with van der Waals surface area (Å²) in [6.45, 7) is 9.14. The SMILES string of the molecule is C.C.CCCc1cc2c(C(F)(F)F)noc2c(CCC)c1OC(C(=O)NS(=O)(=O)CCC)c1ccccc1.CCCc1cc2c(C(F)(F)F)noc2c(CCC)c1OC(C(=O)O)c1ccccc1. The number of amides is 1. The average Bonchev–Trinajstić information content (AvgIpc) is 3.89. The van der Waals surface area contributed by atoms with Gasteiger partial charge in [-0.2, -0.15) is 26.3 Å². The van der Waals surface area contributed by atoms with Crippen LogP contribution in [0.25, 0.3) is 21.9 Å². The van der Waals surface area contributed by atoms with Crippen LogP contribution in [-0.2, 0) is 57.6 Å². The monoisotopic (exact) mass is 979 g/mol. The van der Waals surface area contributed by atoms with Crippen LogP contribution in [-0.4, -0.2) is 41.5 Å². The third-order valence-electron chi connectivity index (χ3n) is 10.2. The molecule has 1 amide bonds. The fourth-order valence-electron chi connectivity index (χ4n) is 7.49. The van der Waals surface area contributed by atoms with Crippen LogP contribution in [0, 0.1) is 0 Å². The van der Waals surface area contributed by atoms with Gasteiger partial charge in [-0.3, -0.25) is 4.79 Å². The van der Waals surface area contributed by atoms with E-state index in [-0.39, 0.29) is 54.0 Å². The number of carboxylic acid groups (broad SMARTS) is 1. The molecular formula is C49H59F6N3O9S. The lowest BCUT2D eigenvalue weighted by Gasteiger charge is -2.23. The van der Waals surface area contributed by atoms with Crippen molar-refractivity contribution in [3.8, 4) is 11.5 Å². The molecule has 0 aliphatic carbocycles. The summed E-state index contributed by atoms with van der Waals surface area (Å²) in [5.41, 5.74) is 0.245. The lowest BCUT2D eigenvalue weighted by atomic mass is 9.97. The Morgan fingerprint density at radius 2 is 1.01 bits per heavy atom. The molecule has 6 aromatic rings. The Kier molecular flexibility index (Phi) is 20.1. The third-order valence-corrected chi connectivity index (χ3v) is 11.7. The number of carbonyl (C=O) groups is 2. The van der Waals surface area contributed by atoms with Crippen LogP contribution in [0.2, 0.25) is 0 Å². The van der Waals surface area contributed by atoms with Gasteiger partial charge in [-0.1, -0.05) is 146 Å². The van der Waals surface area contributed by atoms with Gasteiger partial charge in [0.1, 0.15) is 11.5 Å². The van der Waals surface area contributed by atoms with Gasteiger partial charge in [0.05, 0.1) is 16.5 Å². The molecule has 0 aliphatic heterocycles. The Hall–Kier alpha value is -6.11. The van der Waals surface area contributed by atoms with Crippen LogP contribution in [0.5, 0.6) is 11.5 Å². The molecule has 0 fully saturated rings. The number of alkyl halides is 6. The summed E-state index contributed by atoms with van der Waals surface area (Å²) in [6.07, 6.45) is -7.90. The minimum atomic E-state index is -4.71. The summed E-state index contributed by atoms with van der Waals surface area (Å²) in [5.74, 6) is -1.87. The number of carbonyl (C=O) groups excluding carboxylic acids is 1. The second kappa shape index (κ2) is 24.3. The zero-order valence-electron chi connectivity index (χ0n) is 36.9. The lowest BCUT2D eigenvalue weighted by molar-refractivity contribution is -0.145. The molecule has 0 bridgehead atoms. The van der Waals surface area contributed by atoms with Crippen LogP contribution in [0.15, 0.2) is 81.8 Å². The number of nitrogens with zero attached hydrogens (tertiary/aromatic N) is 2. The van der Waals surface area contributed by atoms with Gasteiger partial charge in [0.2, 0.25) is 22.2 Å². The molecule has 2 aromatic heterocycles. The number of aromatic nitrogens is 2. The molecule has 6 rings (SSSR count). The molecule has 2 N–H and O–H groups in total. The maximum absolute atomic E-state index is 13.6. The van der Waals surface area contributed by atoms with Gasteiger partial charge in [-0.05, 0) is 55.4 Å². The Balaban J connectivity index is 0.000000355. The smallest absolute Gasteiger partial charge is 0.437 e. The highest BCUT2D eigenvalue weighted by Gasteiger charge is 2.40. The van der Waals surface area contributed by atoms with Crippen molar-refractivity contribution in [2.24, 2.45) is 0 Å². The van der Waals surface area contributed by atoms with Crippen LogP contribution < -0.4 is 14.2 Å². The zero-order chi connectivity index (χ0) is 48.4. The van der Waals surface area contributed by atoms with E-state index in [4.69, 9.17) is 18.5 Å². The summed E-state index contributed by atoms with van der Waals surface area (Å²) in [7, 11) is -3.90. The maximum atomic E-state index is 13.6. The molecule has 0 aliphatic rings. The normalized spacial score (nSPS) is 12.6. The number of sulfonamides is 1. The predicted molar refractivity (Wildman–Crippen MR) is 247 cm³/mol. The van der Waals surface area contributed by atoms with E-state index in [1.807, 2.05) is 27.7 Å². The second-order valence-corrected chi connectivity index (χ2v) is 17.3. The van der Waals surface area contributed by atoms with E-state index in [0.717, 1.165) is 0 Å². The number of ether oxygens (including phenoxy) is 2. The molecule has 2 unspecified atom stereocenters. The van der Waals surface area contributed by atoms with Crippen LogP contribution in [0.4, 0.5) is 26.3 Å². The molecule has 0 spiro atoms. The van der Waals surface area contributed by atoms with Crippen molar-refractivity contribution in [3.63, 3.8) is 0 Å². The van der Waals surface area contributed by atoms with Gasteiger partial charge < -0.3 is 23.6 Å². The minimum Gasteiger partial charge on any atom is -0.478 e. The van der Waals surface area contributed by atoms with E-state index in [1.165, 1.54) is 12.1 Å². The number of hydrogen-bond donors (Lipinski definition) is 2. The number of rotatable bonds is 19. The van der Waals surface area contributed by atoms with Gasteiger partial charge in [0.25, 0.3) is 5.91 Å². The Morgan fingerprint density at radius 1 is 0.632 bits per heavy atom. The number of benzene rings is 4. The van der Waals surface area contributed by atoms with Crippen LogP contribution in [0.3, 0.4) is 0 Å². The number of nitrogens with one attached hydrogen (secondary N) is 1. The molecule has 0 saturated carbocycles. The van der Waals surface area contributed by atoms with Gasteiger partial charge in [0, 0.05) is 22.3 Å². The highest BCUT2D eigenvalue weighted by Crippen LogP contribution is 2.44. The molecule has 2 heterocycles. The molecule has 12 nitrogen and oxygen atoms in total. The molecule has 0 radical (unpaired) electrons. The fourth-order valence-corrected chi connectivity index (χ4v) is 8.54. The first-order valence-corrected chi connectivity index (χ1v) is 23.2. The first-order chi connectivity index (χ1) is 31.3. The van der Waals surface area contributed by atoms with Crippen LogP contribution in [0.1, 0.15) is 139 Å². The van der Waals surface area contributed by atoms with Crippen molar-refractivity contribution in [2.45, 2.75) is 132 Å². The quantitative estimate of drug-likeness (QED) is 0.0740. The number of hydrogen-bond acceptors (Lipinski definition) is 10. The van der Waals surface area contributed by atoms with Gasteiger partial charge in [-0.25, -0.2) is 17.9 Å². The number of aliphatic carboxylic acids is 1. The summed E-state index contributed by atoms with van der Waals surface area (Å²) in [4.78, 5) is 25.1. The highest BCUT2D eigenvalue weighted by molar-refractivity contribution is 7.90. The minimum absolute atomic E-state index is 0. The lowest BCUT2D eigenvalue weighted by Crippen LogP contribution is -2.38. The van der Waals surface area contributed by atoms with Gasteiger partial charge in [-0.15, -0.1) is 0 Å². The summed E-state index contributed by atoms with van der Waals surface area (Å²) in [6, 6.07) is 19.4. The molecule has 372 valence electrons. The van der Waals surface area contributed by atoms with Crippen LogP contribution >= 0.6 is 0 Å². The van der Waals surface area contributed by atoms with E-state index in [9.17, 15) is 49.5 Å². The zero-order valence-corrected chi connectivity index (χ0v) is 37.8. The van der Waals surface area contributed by atoms with Crippen molar-refractivity contribution in [1.82, 2.24) is 15.0 Å². The summed E-state index contributed by atoms with van der Waals surface area (Å²) < 4.78 is 130. The average molecular weight is 980 g/mol. The Labute approximate surface area is 392 Å². The molecule has 4 aromatic carbocycles. The molecule has 68 heavy (non-hydrogen) atoms. The molecule has 19 heteroatoms. The van der Waals surface area contributed by atoms with E-state index in [2.05, 4.69) is 15.0 Å². The number of halogens is 6. The Morgan fingerprint density at radius 3 is 1.37 bits per heavy atom. The summed E-state index contributed by atoms with van der Waals surface area (Å²) >= 11 is 0. The van der Waals surface area contributed by atoms with E-state index >= 15 is 0 Å². The van der Waals surface area contributed by atoms with E-state index < -0.39 is 57.8 Å². The Bertz CT molecular complexity index is 2700. The summed E-state index contributed by atoms with van der Waals surface area (Å²) in [5, 5.41) is 16.0. The van der Waals surface area contributed by atoms with Crippen molar-refractivity contribution >= 4 is 43.8 Å². The van der Waals surface area contributed by atoms with Crippen molar-refractivity contribution in [1.29, 1.82) is 0 Å². The first kappa shape index (κ1) is 56.2. The standard InChI is InChI=1S/C25H29F3N2O5S.C22H22F3NO4.2CH4/c1-4-10-17-15-19-22(35-29-23(19)25(26,27)28)18(11-5-2)20(17)34-21(16-12-8-7-9-13-16)24(31)30-36(32,33)14-6-3;1-3-8-14-12-16-19(30-26-20(16)22(23,24)25)15(9-4-2)17(14)29-18(21(27)28)13-10-6-5-7-11-13;;/h7-9,12-13,15,21H,4-6,10-11,14H2,1-3H3,(H,30,31);5-7,10-12,18H,3-4,8-9H2,1-2H3,(H,27,28);2*1H4. The van der Waals surface area contributed by atoms with Gasteiger partial charge in [0.15, 0.2) is 22.6 Å². The van der Waals surface area contributed by atoms with Gasteiger partial charge >= 0.3 is 18.3 Å². The van der Waals surface area contributed by atoms with Crippen molar-refractivity contribution in [2.75, 3.05) is 5.75 Å². The largest absolute Gasteiger partial charge is 0.478 e. The fraction of sp³-hybridized carbons (Fsp3) is 0.429. The molecule has 0 saturated heterocycles. The number of aryl methyl sites for hydroxylation is 4. The predicted octanol–water partition coefficient (Wildman–Crippen LogP) is 13.0. The number of fused-ring (bicyclic) bond motifs is 2. The second-order valence-electron chi connectivity index (χ2n) is 15.4. The van der Waals surface area contributed by atoms with E-state index in [1.54, 1.807) is 67.6 Å². The van der Waals surface area contributed by atoms with E-state index in [0.29, 0.717) is 91.2 Å². The third kappa shape index (κ3) is 13.3. The van der Waals surface area contributed by atoms with Crippen molar-refractivity contribution in [3.05, 3.63) is 118 Å². The molecular weight excluding hydrogens is 921 g/mol. The highest BCUT2D eigenvalue weighted by atomic mass is 32.2. The van der Waals surface area contributed by atoms with Crippen molar-refractivity contribution < 1.29 is 68.0 Å².